The topological polar surface area (TPSA) is 68.0 Å². The van der Waals surface area contributed by atoms with Crippen molar-refractivity contribution < 1.29 is 9.32 Å². The van der Waals surface area contributed by atoms with Gasteiger partial charge in [-0.15, -0.1) is 0 Å². The van der Waals surface area contributed by atoms with Gasteiger partial charge in [0.15, 0.2) is 5.82 Å². The summed E-state index contributed by atoms with van der Waals surface area (Å²) in [6, 6.07) is 14.3. The molecule has 25 heavy (non-hydrogen) atoms. The van der Waals surface area contributed by atoms with Crippen LogP contribution in [0.1, 0.15) is 43.0 Å². The van der Waals surface area contributed by atoms with Crippen molar-refractivity contribution in [2.24, 2.45) is 0 Å². The van der Waals surface area contributed by atoms with E-state index in [1.807, 2.05) is 18.2 Å². The Morgan fingerprint density at radius 1 is 1.16 bits per heavy atom. The molecule has 1 N–H and O–H groups in total. The van der Waals surface area contributed by atoms with E-state index in [4.69, 9.17) is 4.52 Å². The van der Waals surface area contributed by atoms with E-state index in [0.717, 1.165) is 36.6 Å². The second kappa shape index (κ2) is 6.31. The Balaban J connectivity index is 1.53. The van der Waals surface area contributed by atoms with Crippen molar-refractivity contribution in [1.29, 1.82) is 0 Å². The molecule has 0 saturated heterocycles. The van der Waals surface area contributed by atoms with Gasteiger partial charge < -0.3 is 9.84 Å². The highest BCUT2D eigenvalue weighted by Gasteiger charge is 2.41. The number of hydrogen-bond acceptors (Lipinski definition) is 4. The SMILES string of the molecule is Cc1nc(C2(NC(=O)Cc3ccc4ccccc4c3)CCCC2)no1. The molecule has 3 aromatic rings. The van der Waals surface area contributed by atoms with Crippen LogP contribution in [0.5, 0.6) is 0 Å². The van der Waals surface area contributed by atoms with Crippen LogP contribution in [0.3, 0.4) is 0 Å². The predicted molar refractivity (Wildman–Crippen MR) is 95.0 cm³/mol. The minimum Gasteiger partial charge on any atom is -0.343 e. The van der Waals surface area contributed by atoms with Crippen molar-refractivity contribution in [1.82, 2.24) is 15.5 Å². The van der Waals surface area contributed by atoms with Gasteiger partial charge in [0.1, 0.15) is 5.54 Å². The van der Waals surface area contributed by atoms with Crippen molar-refractivity contribution in [3.8, 4) is 0 Å². The average molecular weight is 335 g/mol. The third kappa shape index (κ3) is 3.14. The van der Waals surface area contributed by atoms with Crippen LogP contribution < -0.4 is 5.32 Å². The van der Waals surface area contributed by atoms with Crippen LogP contribution >= 0.6 is 0 Å². The third-order valence-electron chi connectivity index (χ3n) is 4.97. The lowest BCUT2D eigenvalue weighted by Gasteiger charge is -2.26. The quantitative estimate of drug-likeness (QED) is 0.790. The summed E-state index contributed by atoms with van der Waals surface area (Å²) in [5.74, 6) is 1.14. The Bertz CT molecular complexity index is 910. The van der Waals surface area contributed by atoms with Gasteiger partial charge in [0, 0.05) is 6.92 Å². The molecule has 1 amide bonds. The van der Waals surface area contributed by atoms with Crippen molar-refractivity contribution in [2.75, 3.05) is 0 Å². The van der Waals surface area contributed by atoms with E-state index in [0.29, 0.717) is 18.1 Å². The molecule has 1 saturated carbocycles. The molecule has 0 bridgehead atoms. The number of amides is 1. The second-order valence-electron chi connectivity index (χ2n) is 6.83. The summed E-state index contributed by atoms with van der Waals surface area (Å²) in [5.41, 5.74) is 0.528. The highest BCUT2D eigenvalue weighted by molar-refractivity contribution is 5.85. The zero-order valence-corrected chi connectivity index (χ0v) is 14.3. The molecular weight excluding hydrogens is 314 g/mol. The number of fused-ring (bicyclic) bond motifs is 1. The van der Waals surface area contributed by atoms with E-state index in [-0.39, 0.29) is 5.91 Å². The van der Waals surface area contributed by atoms with Gasteiger partial charge in [-0.1, -0.05) is 60.5 Å². The van der Waals surface area contributed by atoms with Crippen LogP contribution in [-0.2, 0) is 16.8 Å². The molecule has 1 fully saturated rings. The number of aryl methyl sites for hydroxylation is 1. The van der Waals surface area contributed by atoms with Crippen LogP contribution in [0.25, 0.3) is 10.8 Å². The van der Waals surface area contributed by atoms with Gasteiger partial charge in [-0.2, -0.15) is 4.98 Å². The minimum absolute atomic E-state index is 0.000339. The first-order chi connectivity index (χ1) is 12.1. The van der Waals surface area contributed by atoms with Gasteiger partial charge >= 0.3 is 0 Å². The fourth-order valence-corrected chi connectivity index (χ4v) is 3.72. The van der Waals surface area contributed by atoms with Crippen LogP contribution in [0.15, 0.2) is 47.0 Å². The zero-order valence-electron chi connectivity index (χ0n) is 14.3. The number of nitrogens with one attached hydrogen (secondary N) is 1. The lowest BCUT2D eigenvalue weighted by atomic mass is 9.95. The lowest BCUT2D eigenvalue weighted by molar-refractivity contribution is -0.122. The van der Waals surface area contributed by atoms with Crippen LogP contribution in [0.4, 0.5) is 0 Å². The molecular formula is C20H21N3O2. The number of aromatic nitrogens is 2. The summed E-state index contributed by atoms with van der Waals surface area (Å²) in [4.78, 5) is 17.1. The number of hydrogen-bond donors (Lipinski definition) is 1. The maximum atomic E-state index is 12.7. The largest absolute Gasteiger partial charge is 0.343 e. The number of carbonyl (C=O) groups is 1. The molecule has 128 valence electrons. The van der Waals surface area contributed by atoms with Crippen LogP contribution in [0, 0.1) is 6.92 Å². The standard InChI is InChI=1S/C20H21N3O2/c1-14-21-19(23-25-14)20(10-4-5-11-20)22-18(24)13-15-8-9-16-6-2-3-7-17(16)12-15/h2-3,6-9,12H,4-5,10-11,13H2,1H3,(H,22,24). The predicted octanol–water partition coefficient (Wildman–Crippen LogP) is 3.66. The molecule has 0 radical (unpaired) electrons. The Kier molecular flexibility index (Phi) is 3.99. The number of carbonyl (C=O) groups excluding carboxylic acids is 1. The number of rotatable bonds is 4. The van der Waals surface area contributed by atoms with Gasteiger partial charge in [-0.3, -0.25) is 4.79 Å². The molecule has 0 aliphatic heterocycles. The maximum Gasteiger partial charge on any atom is 0.225 e. The van der Waals surface area contributed by atoms with Crippen molar-refractivity contribution in [2.45, 2.75) is 44.6 Å². The Morgan fingerprint density at radius 3 is 2.64 bits per heavy atom. The zero-order chi connectivity index (χ0) is 17.3. The van der Waals surface area contributed by atoms with Gasteiger partial charge in [-0.25, -0.2) is 0 Å². The number of benzene rings is 2. The number of nitrogens with zero attached hydrogens (tertiary/aromatic N) is 2. The molecule has 0 spiro atoms. The van der Waals surface area contributed by atoms with E-state index in [2.05, 4.69) is 39.7 Å². The first-order valence-electron chi connectivity index (χ1n) is 8.74. The van der Waals surface area contributed by atoms with E-state index in [1.54, 1.807) is 6.92 Å². The lowest BCUT2D eigenvalue weighted by Crippen LogP contribution is -2.45. The van der Waals surface area contributed by atoms with E-state index in [1.165, 1.54) is 5.39 Å². The first-order valence-corrected chi connectivity index (χ1v) is 8.74. The third-order valence-corrected chi connectivity index (χ3v) is 4.97. The molecule has 1 aliphatic rings. The summed E-state index contributed by atoms with van der Waals surface area (Å²) < 4.78 is 5.14. The molecule has 5 heteroatoms. The molecule has 1 aromatic heterocycles. The van der Waals surface area contributed by atoms with Crippen molar-refractivity contribution in [3.63, 3.8) is 0 Å². The fourth-order valence-electron chi connectivity index (χ4n) is 3.72. The second-order valence-corrected chi connectivity index (χ2v) is 6.83. The fraction of sp³-hybridized carbons (Fsp3) is 0.350. The summed E-state index contributed by atoms with van der Waals surface area (Å²) in [5, 5.41) is 9.60. The van der Waals surface area contributed by atoms with Gasteiger partial charge in [-0.05, 0) is 29.2 Å². The first kappa shape index (κ1) is 15.8. The molecule has 1 heterocycles. The summed E-state index contributed by atoms with van der Waals surface area (Å²) >= 11 is 0. The summed E-state index contributed by atoms with van der Waals surface area (Å²) in [6.45, 7) is 1.77. The highest BCUT2D eigenvalue weighted by Crippen LogP contribution is 2.37. The highest BCUT2D eigenvalue weighted by atomic mass is 16.5. The van der Waals surface area contributed by atoms with E-state index < -0.39 is 5.54 Å². The molecule has 0 unspecified atom stereocenters. The smallest absolute Gasteiger partial charge is 0.225 e. The van der Waals surface area contributed by atoms with Crippen molar-refractivity contribution >= 4 is 16.7 Å². The van der Waals surface area contributed by atoms with Gasteiger partial charge in [0.05, 0.1) is 6.42 Å². The molecule has 5 nitrogen and oxygen atoms in total. The monoisotopic (exact) mass is 335 g/mol. The van der Waals surface area contributed by atoms with Gasteiger partial charge in [0.25, 0.3) is 0 Å². The van der Waals surface area contributed by atoms with Crippen LogP contribution in [0.2, 0.25) is 0 Å². The molecule has 4 rings (SSSR count). The van der Waals surface area contributed by atoms with E-state index >= 15 is 0 Å². The average Bonchev–Trinajstić information content (AvgIpc) is 3.24. The van der Waals surface area contributed by atoms with E-state index in [9.17, 15) is 4.79 Å². The normalized spacial score (nSPS) is 16.2. The Hall–Kier alpha value is -2.69. The molecule has 0 atom stereocenters. The summed E-state index contributed by atoms with van der Waals surface area (Å²) in [6.07, 6.45) is 4.18. The minimum atomic E-state index is -0.480. The molecule has 1 aliphatic carbocycles. The Labute approximate surface area is 146 Å². The Morgan fingerprint density at radius 2 is 1.92 bits per heavy atom. The van der Waals surface area contributed by atoms with Crippen molar-refractivity contribution in [3.05, 3.63) is 59.7 Å². The van der Waals surface area contributed by atoms with Gasteiger partial charge in [0.2, 0.25) is 11.8 Å². The van der Waals surface area contributed by atoms with Crippen LogP contribution in [-0.4, -0.2) is 16.0 Å². The summed E-state index contributed by atoms with van der Waals surface area (Å²) in [7, 11) is 0. The molecule has 2 aromatic carbocycles. The maximum absolute atomic E-state index is 12.7.